The summed E-state index contributed by atoms with van der Waals surface area (Å²) in [5, 5.41) is 4.46. The number of benzene rings is 1. The van der Waals surface area contributed by atoms with Crippen molar-refractivity contribution in [2.75, 3.05) is 16.4 Å². The maximum atomic E-state index is 11.8. The smallest absolute Gasteiger partial charge is 0.193 e. The van der Waals surface area contributed by atoms with Crippen molar-refractivity contribution in [3.05, 3.63) is 24.3 Å². The molecule has 8 heteroatoms. The van der Waals surface area contributed by atoms with E-state index in [0.29, 0.717) is 5.11 Å². The molecule has 1 aromatic heterocycles. The Hall–Kier alpha value is -1.25. The van der Waals surface area contributed by atoms with E-state index >= 15 is 0 Å². The van der Waals surface area contributed by atoms with Crippen LogP contribution >= 0.6 is 23.6 Å². The van der Waals surface area contributed by atoms with Crippen molar-refractivity contribution in [2.24, 2.45) is 0 Å². The molecular weight excluding hydrogens is 314 g/mol. The zero-order valence-corrected chi connectivity index (χ0v) is 12.8. The summed E-state index contributed by atoms with van der Waals surface area (Å²) in [6.07, 6.45) is 0. The first-order chi connectivity index (χ1) is 9.53. The summed E-state index contributed by atoms with van der Waals surface area (Å²) in [6, 6.07) is 7.62. The lowest BCUT2D eigenvalue weighted by molar-refractivity contribution is 0.600. The molecular formula is C12H11N3O2S3. The van der Waals surface area contributed by atoms with Gasteiger partial charge in [-0.3, -0.25) is 4.90 Å². The van der Waals surface area contributed by atoms with Gasteiger partial charge in [0.15, 0.2) is 20.1 Å². The predicted octanol–water partition coefficient (Wildman–Crippen LogP) is 1.16. The van der Waals surface area contributed by atoms with Gasteiger partial charge in [0.05, 0.1) is 33.8 Å². The van der Waals surface area contributed by atoms with Crippen molar-refractivity contribution in [1.82, 2.24) is 10.3 Å². The van der Waals surface area contributed by atoms with E-state index in [1.807, 2.05) is 29.2 Å². The predicted molar refractivity (Wildman–Crippen MR) is 84.1 cm³/mol. The van der Waals surface area contributed by atoms with Crippen molar-refractivity contribution in [3.8, 4) is 0 Å². The summed E-state index contributed by atoms with van der Waals surface area (Å²) in [4.78, 5) is 6.45. The molecule has 20 heavy (non-hydrogen) atoms. The second-order valence-electron chi connectivity index (χ2n) is 5.03. The zero-order valence-electron chi connectivity index (χ0n) is 10.3. The number of hydrogen-bond donors (Lipinski definition) is 1. The van der Waals surface area contributed by atoms with Crippen molar-refractivity contribution in [3.63, 3.8) is 0 Å². The molecule has 5 nitrogen and oxygen atoms in total. The highest BCUT2D eigenvalue weighted by molar-refractivity contribution is 7.91. The average Bonchev–Trinajstić information content (AvgIpc) is 2.97. The van der Waals surface area contributed by atoms with Crippen molar-refractivity contribution < 1.29 is 8.42 Å². The Labute approximate surface area is 125 Å². The number of hydrogen-bond acceptors (Lipinski definition) is 5. The Morgan fingerprint density at radius 3 is 2.95 bits per heavy atom. The topological polar surface area (TPSA) is 62.3 Å². The van der Waals surface area contributed by atoms with Crippen LogP contribution < -0.4 is 10.2 Å². The highest BCUT2D eigenvalue weighted by Gasteiger charge is 2.48. The van der Waals surface area contributed by atoms with Crippen LogP contribution in [0.5, 0.6) is 0 Å². The van der Waals surface area contributed by atoms with Crippen LogP contribution in [-0.2, 0) is 9.84 Å². The highest BCUT2D eigenvalue weighted by atomic mass is 32.2. The SMILES string of the molecule is O=S1(=O)C[C@@H]2[C@@H](C1)NC(=S)N2c1nc2ccccc2s1. The number of anilines is 1. The minimum absolute atomic E-state index is 0.112. The largest absolute Gasteiger partial charge is 0.356 e. The number of nitrogens with zero attached hydrogens (tertiary/aromatic N) is 2. The van der Waals surface area contributed by atoms with Crippen LogP contribution in [0.2, 0.25) is 0 Å². The molecule has 0 unspecified atom stereocenters. The third-order valence-corrected chi connectivity index (χ3v) is 6.74. The molecule has 0 bridgehead atoms. The zero-order chi connectivity index (χ0) is 13.9. The van der Waals surface area contributed by atoms with E-state index in [1.165, 1.54) is 11.3 Å². The van der Waals surface area contributed by atoms with Crippen molar-refractivity contribution >= 4 is 53.9 Å². The van der Waals surface area contributed by atoms with Crippen LogP contribution in [0.3, 0.4) is 0 Å². The van der Waals surface area contributed by atoms with Gasteiger partial charge in [0.25, 0.3) is 0 Å². The second kappa shape index (κ2) is 4.12. The molecule has 1 aromatic carbocycles. The van der Waals surface area contributed by atoms with Gasteiger partial charge >= 0.3 is 0 Å². The molecule has 0 spiro atoms. The van der Waals surface area contributed by atoms with Crippen LogP contribution in [0.15, 0.2) is 24.3 Å². The number of thiocarbonyl (C=S) groups is 1. The molecule has 2 saturated heterocycles. The normalized spacial score (nSPS) is 27.8. The third kappa shape index (κ3) is 1.82. The van der Waals surface area contributed by atoms with Crippen LogP contribution in [0.4, 0.5) is 5.13 Å². The molecule has 104 valence electrons. The number of sulfone groups is 1. The first-order valence-corrected chi connectivity index (χ1v) is 9.24. The lowest BCUT2D eigenvalue weighted by Crippen LogP contribution is -2.36. The molecule has 1 N–H and O–H groups in total. The van der Waals surface area contributed by atoms with Gasteiger partial charge in [-0.25, -0.2) is 13.4 Å². The Kier molecular flexibility index (Phi) is 2.57. The van der Waals surface area contributed by atoms with E-state index in [2.05, 4.69) is 10.3 Å². The van der Waals surface area contributed by atoms with Gasteiger partial charge in [0.2, 0.25) is 0 Å². The number of rotatable bonds is 1. The third-order valence-electron chi connectivity index (χ3n) is 3.67. The number of para-hydroxylation sites is 1. The maximum absolute atomic E-state index is 11.8. The number of aromatic nitrogens is 1. The molecule has 0 saturated carbocycles. The van der Waals surface area contributed by atoms with Gasteiger partial charge in [0, 0.05) is 0 Å². The summed E-state index contributed by atoms with van der Waals surface area (Å²) in [6.45, 7) is 0. The quantitative estimate of drug-likeness (QED) is 0.794. The molecule has 2 aliphatic heterocycles. The first-order valence-electron chi connectivity index (χ1n) is 6.19. The van der Waals surface area contributed by atoms with E-state index in [4.69, 9.17) is 12.2 Å². The van der Waals surface area contributed by atoms with Gasteiger partial charge in [-0.2, -0.15) is 0 Å². The van der Waals surface area contributed by atoms with Crippen LogP contribution in [-0.4, -0.2) is 42.1 Å². The molecule has 2 aliphatic rings. The van der Waals surface area contributed by atoms with E-state index in [1.54, 1.807) is 0 Å². The van der Waals surface area contributed by atoms with Crippen molar-refractivity contribution in [1.29, 1.82) is 0 Å². The minimum atomic E-state index is -2.99. The van der Waals surface area contributed by atoms with Gasteiger partial charge < -0.3 is 5.32 Å². The fraction of sp³-hybridized carbons (Fsp3) is 0.333. The lowest BCUT2D eigenvalue weighted by atomic mass is 10.2. The maximum Gasteiger partial charge on any atom is 0.193 e. The van der Waals surface area contributed by atoms with E-state index in [-0.39, 0.29) is 23.6 Å². The Balaban J connectivity index is 1.78. The molecule has 2 fully saturated rings. The number of fused-ring (bicyclic) bond motifs is 2. The number of nitrogens with one attached hydrogen (secondary N) is 1. The molecule has 4 rings (SSSR count). The van der Waals surface area contributed by atoms with E-state index in [9.17, 15) is 8.42 Å². The Morgan fingerprint density at radius 2 is 2.15 bits per heavy atom. The number of thiazole rings is 1. The summed E-state index contributed by atoms with van der Waals surface area (Å²) < 4.78 is 24.6. The Morgan fingerprint density at radius 1 is 1.35 bits per heavy atom. The highest BCUT2D eigenvalue weighted by Crippen LogP contribution is 2.34. The molecule has 0 radical (unpaired) electrons. The molecule has 2 atom stereocenters. The van der Waals surface area contributed by atoms with Crippen molar-refractivity contribution in [2.45, 2.75) is 12.1 Å². The van der Waals surface area contributed by atoms with Gasteiger partial charge in [-0.1, -0.05) is 23.5 Å². The Bertz CT molecular complexity index is 781. The molecule has 0 aliphatic carbocycles. The first kappa shape index (κ1) is 12.5. The van der Waals surface area contributed by atoms with E-state index in [0.717, 1.165) is 15.3 Å². The van der Waals surface area contributed by atoms with Gasteiger partial charge in [0.1, 0.15) is 0 Å². The summed E-state index contributed by atoms with van der Waals surface area (Å²) >= 11 is 6.88. The lowest BCUT2D eigenvalue weighted by Gasteiger charge is -2.19. The molecule has 0 amide bonds. The fourth-order valence-electron chi connectivity index (χ4n) is 2.79. The van der Waals surface area contributed by atoms with Crippen LogP contribution in [0, 0.1) is 0 Å². The van der Waals surface area contributed by atoms with E-state index < -0.39 is 9.84 Å². The van der Waals surface area contributed by atoms with Gasteiger partial charge in [-0.05, 0) is 24.4 Å². The summed E-state index contributed by atoms with van der Waals surface area (Å²) in [5.74, 6) is 0.292. The average molecular weight is 325 g/mol. The molecule has 3 heterocycles. The van der Waals surface area contributed by atoms with Crippen LogP contribution in [0.25, 0.3) is 10.2 Å². The fourth-order valence-corrected chi connectivity index (χ4v) is 6.14. The second-order valence-corrected chi connectivity index (χ2v) is 8.58. The summed E-state index contributed by atoms with van der Waals surface area (Å²) in [7, 11) is -2.99. The van der Waals surface area contributed by atoms with Crippen LogP contribution in [0.1, 0.15) is 0 Å². The minimum Gasteiger partial charge on any atom is -0.356 e. The monoisotopic (exact) mass is 325 g/mol. The standard InChI is InChI=1S/C12H11N3O2S3/c16-20(17)5-8-9(6-20)15(11(18)13-8)12-14-7-3-1-2-4-10(7)19-12/h1-4,8-9H,5-6H2,(H,13,18)/t8-,9-/m1/s1. The summed E-state index contributed by atoms with van der Waals surface area (Å²) in [5.41, 5.74) is 0.916. The molecule has 2 aromatic rings. The van der Waals surface area contributed by atoms with Gasteiger partial charge in [-0.15, -0.1) is 0 Å².